The van der Waals surface area contributed by atoms with Crippen molar-refractivity contribution in [3.8, 4) is 11.3 Å². The first kappa shape index (κ1) is 22.6. The van der Waals surface area contributed by atoms with E-state index in [2.05, 4.69) is 38.5 Å². The van der Waals surface area contributed by atoms with Crippen LogP contribution in [0.5, 0.6) is 0 Å². The summed E-state index contributed by atoms with van der Waals surface area (Å²) < 4.78 is 2.24. The molecule has 0 saturated carbocycles. The van der Waals surface area contributed by atoms with E-state index in [-0.39, 0.29) is 24.6 Å². The van der Waals surface area contributed by atoms with Crippen molar-refractivity contribution >= 4 is 23.0 Å². The molecule has 0 spiro atoms. The third-order valence-corrected chi connectivity index (χ3v) is 7.33. The Morgan fingerprint density at radius 1 is 1.11 bits per heavy atom. The summed E-state index contributed by atoms with van der Waals surface area (Å²) in [7, 11) is 0. The van der Waals surface area contributed by atoms with Crippen molar-refractivity contribution in [2.45, 2.75) is 45.4 Å². The number of pyridine rings is 1. The number of carbonyl (C=O) groups is 1. The topological polar surface area (TPSA) is 100 Å². The molecule has 0 aliphatic carbocycles. The van der Waals surface area contributed by atoms with Crippen LogP contribution in [0, 0.1) is 0 Å². The number of carbonyl (C=O) groups excluding carboxylic acids is 1. The molecule has 184 valence electrons. The first-order chi connectivity index (χ1) is 17.5. The minimum atomic E-state index is 0.0296. The van der Waals surface area contributed by atoms with E-state index in [4.69, 9.17) is 9.97 Å². The van der Waals surface area contributed by atoms with Gasteiger partial charge in [0.1, 0.15) is 11.3 Å². The zero-order chi connectivity index (χ0) is 24.8. The fraction of sp³-hybridized carbons (Fsp3) is 0.370. The Morgan fingerprint density at radius 2 is 1.94 bits per heavy atom. The smallest absolute Gasteiger partial charge is 0.225 e. The van der Waals surface area contributed by atoms with Crippen LogP contribution >= 0.6 is 0 Å². The maximum Gasteiger partial charge on any atom is 0.225 e. The molecule has 3 aromatic heterocycles. The SMILES string of the molecule is CC(=O)N1CCN(c2ncc(-c3ccc4nc5n(c4n3)[C@@H](c3cccc(CO)c3)CC5)cn2)C[C@H]1C. The number of anilines is 1. The lowest BCUT2D eigenvalue weighted by molar-refractivity contribution is -0.131. The first-order valence-corrected chi connectivity index (χ1v) is 12.4. The van der Waals surface area contributed by atoms with Crippen LogP contribution in [0.15, 0.2) is 48.8 Å². The summed E-state index contributed by atoms with van der Waals surface area (Å²) in [5.41, 5.74) is 5.47. The Morgan fingerprint density at radius 3 is 2.69 bits per heavy atom. The number of piperazine rings is 1. The molecule has 9 heteroatoms. The summed E-state index contributed by atoms with van der Waals surface area (Å²) in [5, 5.41) is 9.58. The average molecular weight is 484 g/mol. The van der Waals surface area contributed by atoms with Gasteiger partial charge in [-0.05, 0) is 36.6 Å². The number of imidazole rings is 1. The molecule has 0 bridgehead atoms. The van der Waals surface area contributed by atoms with Gasteiger partial charge in [0.25, 0.3) is 0 Å². The third kappa shape index (κ3) is 3.89. The molecular weight excluding hydrogens is 454 g/mol. The lowest BCUT2D eigenvalue weighted by atomic mass is 10.0. The van der Waals surface area contributed by atoms with E-state index in [0.717, 1.165) is 46.7 Å². The second-order valence-corrected chi connectivity index (χ2v) is 9.67. The van der Waals surface area contributed by atoms with Crippen LogP contribution in [-0.2, 0) is 17.8 Å². The van der Waals surface area contributed by atoms with Gasteiger partial charge < -0.3 is 19.5 Å². The molecule has 1 saturated heterocycles. The lowest BCUT2D eigenvalue weighted by Crippen LogP contribution is -2.53. The molecular formula is C27H29N7O2. The number of nitrogens with zero attached hydrogens (tertiary/aromatic N) is 7. The van der Waals surface area contributed by atoms with Gasteiger partial charge in [-0.1, -0.05) is 24.3 Å². The van der Waals surface area contributed by atoms with E-state index >= 15 is 0 Å². The predicted octanol–water partition coefficient (Wildman–Crippen LogP) is 2.97. The number of aromatic nitrogens is 5. The summed E-state index contributed by atoms with van der Waals surface area (Å²) >= 11 is 0. The summed E-state index contributed by atoms with van der Waals surface area (Å²) in [4.78, 5) is 34.9. The molecule has 9 nitrogen and oxygen atoms in total. The maximum absolute atomic E-state index is 11.8. The molecule has 36 heavy (non-hydrogen) atoms. The number of aliphatic hydroxyl groups excluding tert-OH is 1. The quantitative estimate of drug-likeness (QED) is 0.476. The molecule has 0 unspecified atom stereocenters. The van der Waals surface area contributed by atoms with E-state index in [9.17, 15) is 9.90 Å². The Hall–Kier alpha value is -3.85. The van der Waals surface area contributed by atoms with E-state index in [0.29, 0.717) is 25.6 Å². The van der Waals surface area contributed by atoms with Crippen molar-refractivity contribution in [2.24, 2.45) is 0 Å². The van der Waals surface area contributed by atoms with Crippen LogP contribution in [0.25, 0.3) is 22.4 Å². The zero-order valence-electron chi connectivity index (χ0n) is 20.5. The van der Waals surface area contributed by atoms with E-state index in [1.54, 1.807) is 6.92 Å². The zero-order valence-corrected chi connectivity index (χ0v) is 20.5. The van der Waals surface area contributed by atoms with Crippen molar-refractivity contribution in [3.05, 3.63) is 65.7 Å². The third-order valence-electron chi connectivity index (χ3n) is 7.33. The molecule has 2 aliphatic rings. The highest BCUT2D eigenvalue weighted by atomic mass is 16.3. The Bertz CT molecular complexity index is 1430. The summed E-state index contributed by atoms with van der Waals surface area (Å²) in [6.45, 7) is 5.80. The molecule has 1 aromatic carbocycles. The number of aliphatic hydroxyl groups is 1. The van der Waals surface area contributed by atoms with Crippen LogP contribution in [0.3, 0.4) is 0 Å². The minimum absolute atomic E-state index is 0.0296. The summed E-state index contributed by atoms with van der Waals surface area (Å²) in [5.74, 6) is 1.82. The Balaban J connectivity index is 1.28. The van der Waals surface area contributed by atoms with Crippen LogP contribution in [-0.4, -0.2) is 66.1 Å². The predicted molar refractivity (Wildman–Crippen MR) is 136 cm³/mol. The highest BCUT2D eigenvalue weighted by Gasteiger charge is 2.29. The minimum Gasteiger partial charge on any atom is -0.392 e. The van der Waals surface area contributed by atoms with Crippen molar-refractivity contribution in [3.63, 3.8) is 0 Å². The second-order valence-electron chi connectivity index (χ2n) is 9.67. The number of fused-ring (bicyclic) bond motifs is 3. The number of hydrogen-bond donors (Lipinski definition) is 1. The molecule has 1 amide bonds. The van der Waals surface area contributed by atoms with Gasteiger partial charge in [0.2, 0.25) is 11.9 Å². The fourth-order valence-corrected chi connectivity index (χ4v) is 5.52. The van der Waals surface area contributed by atoms with Gasteiger partial charge in [-0.15, -0.1) is 0 Å². The van der Waals surface area contributed by atoms with E-state index in [1.807, 2.05) is 41.6 Å². The number of amides is 1. The van der Waals surface area contributed by atoms with Crippen LogP contribution in [0.4, 0.5) is 5.95 Å². The lowest BCUT2D eigenvalue weighted by Gasteiger charge is -2.39. The average Bonchev–Trinajstić information content (AvgIpc) is 3.48. The van der Waals surface area contributed by atoms with Crippen molar-refractivity contribution in [2.75, 3.05) is 24.5 Å². The highest BCUT2D eigenvalue weighted by Crippen LogP contribution is 2.36. The molecule has 0 radical (unpaired) electrons. The number of hydrogen-bond acceptors (Lipinski definition) is 7. The van der Waals surface area contributed by atoms with Crippen LogP contribution < -0.4 is 4.90 Å². The summed E-state index contributed by atoms with van der Waals surface area (Å²) in [6.07, 6.45) is 5.50. The number of benzene rings is 1. The normalized spacial score (nSPS) is 19.6. The molecule has 2 atom stereocenters. The van der Waals surface area contributed by atoms with Gasteiger partial charge in [-0.2, -0.15) is 0 Å². The highest BCUT2D eigenvalue weighted by molar-refractivity contribution is 5.77. The fourth-order valence-electron chi connectivity index (χ4n) is 5.52. The number of aryl methyl sites for hydroxylation is 1. The molecule has 1 N–H and O–H groups in total. The molecule has 4 aromatic rings. The van der Waals surface area contributed by atoms with Crippen LogP contribution in [0.2, 0.25) is 0 Å². The molecule has 6 rings (SSSR count). The van der Waals surface area contributed by atoms with Gasteiger partial charge in [-0.3, -0.25) is 4.79 Å². The largest absolute Gasteiger partial charge is 0.392 e. The van der Waals surface area contributed by atoms with Gasteiger partial charge in [0.15, 0.2) is 5.65 Å². The molecule has 5 heterocycles. The van der Waals surface area contributed by atoms with Gasteiger partial charge in [0.05, 0.1) is 18.3 Å². The first-order valence-electron chi connectivity index (χ1n) is 12.4. The second kappa shape index (κ2) is 8.98. The molecule has 2 aliphatic heterocycles. The Labute approximate surface area is 209 Å². The van der Waals surface area contributed by atoms with Gasteiger partial charge in [0, 0.05) is 57.0 Å². The Kier molecular flexibility index (Phi) is 5.64. The van der Waals surface area contributed by atoms with Crippen molar-refractivity contribution < 1.29 is 9.90 Å². The monoisotopic (exact) mass is 483 g/mol. The standard InChI is InChI=1S/C27H29N7O2/c1-17-15-32(10-11-33(17)18(2)36)27-28-13-21(14-29-27)22-6-7-23-26(31-22)34-24(8-9-25(34)30-23)20-5-3-4-19(12-20)16-35/h3-7,12-14,17,24,35H,8-11,15-16H2,1-2H3/t17-,24-/m1/s1. The van der Waals surface area contributed by atoms with E-state index in [1.165, 1.54) is 5.56 Å². The maximum atomic E-state index is 11.8. The molecule has 1 fully saturated rings. The van der Waals surface area contributed by atoms with Crippen LogP contribution in [0.1, 0.15) is 43.3 Å². The van der Waals surface area contributed by atoms with Gasteiger partial charge >= 0.3 is 0 Å². The van der Waals surface area contributed by atoms with E-state index < -0.39 is 0 Å². The van der Waals surface area contributed by atoms with Crippen molar-refractivity contribution in [1.82, 2.24) is 29.4 Å². The number of rotatable bonds is 4. The summed E-state index contributed by atoms with van der Waals surface area (Å²) in [6, 6.07) is 12.4. The van der Waals surface area contributed by atoms with Crippen molar-refractivity contribution in [1.29, 1.82) is 0 Å². The van der Waals surface area contributed by atoms with Gasteiger partial charge in [-0.25, -0.2) is 19.9 Å².